The number of nitrogens with zero attached hydrogens (tertiary/aromatic N) is 2. The van der Waals surface area contributed by atoms with Gasteiger partial charge in [0.2, 0.25) is 15.9 Å². The Hall–Kier alpha value is -2.81. The molecule has 2 unspecified atom stereocenters. The molecule has 0 spiro atoms. The van der Waals surface area contributed by atoms with E-state index < -0.39 is 33.9 Å². The number of amides is 2. The molecule has 1 heterocycles. The number of halogens is 1. The van der Waals surface area contributed by atoms with Crippen LogP contribution < -0.4 is 4.90 Å². The summed E-state index contributed by atoms with van der Waals surface area (Å²) in [6.45, 7) is 5.86. The maximum Gasteiger partial charge on any atom is 0.252 e. The molecule has 1 aliphatic rings. The van der Waals surface area contributed by atoms with Gasteiger partial charge in [-0.3, -0.25) is 9.59 Å². The summed E-state index contributed by atoms with van der Waals surface area (Å²) in [5.41, 5.74) is 2.26. The van der Waals surface area contributed by atoms with Crippen molar-refractivity contribution >= 4 is 43.5 Å². The molecule has 4 rings (SSSR count). The number of hydrogen-bond donors (Lipinski definition) is 0. The van der Waals surface area contributed by atoms with Gasteiger partial charge in [-0.05, 0) is 60.4 Å². The Morgan fingerprint density at radius 1 is 0.857 bits per heavy atom. The molecule has 0 bridgehead atoms. The average molecular weight is 555 g/mol. The second-order valence-corrected chi connectivity index (χ2v) is 11.7. The van der Waals surface area contributed by atoms with E-state index in [1.54, 1.807) is 31.2 Å². The van der Waals surface area contributed by atoms with Crippen LogP contribution in [0.2, 0.25) is 0 Å². The number of benzene rings is 3. The van der Waals surface area contributed by atoms with E-state index in [0.29, 0.717) is 11.6 Å². The summed E-state index contributed by atoms with van der Waals surface area (Å²) in [5.74, 6) is -0.663. The number of hydrogen-bond acceptors (Lipinski definition) is 4. The lowest BCUT2D eigenvalue weighted by Gasteiger charge is -2.32. The lowest BCUT2D eigenvalue weighted by atomic mass is 10.0. The fraction of sp³-hybridized carbons (Fsp3) is 0.259. The van der Waals surface area contributed by atoms with E-state index in [4.69, 9.17) is 0 Å². The van der Waals surface area contributed by atoms with E-state index >= 15 is 0 Å². The molecule has 0 aromatic heterocycles. The Kier molecular flexibility index (Phi) is 7.26. The number of carbonyl (C=O) groups excluding carboxylic acids is 2. The van der Waals surface area contributed by atoms with E-state index in [-0.39, 0.29) is 11.3 Å². The van der Waals surface area contributed by atoms with Crippen molar-refractivity contribution in [1.29, 1.82) is 0 Å². The van der Waals surface area contributed by atoms with Gasteiger partial charge in [-0.1, -0.05) is 72.2 Å². The number of sulfonamides is 1. The first kappa shape index (κ1) is 25.3. The highest BCUT2D eigenvalue weighted by Gasteiger charge is 2.48. The molecular formula is C27H27BrN2O4S. The zero-order valence-electron chi connectivity index (χ0n) is 19.8. The Labute approximate surface area is 214 Å². The van der Waals surface area contributed by atoms with Crippen LogP contribution in [0.3, 0.4) is 0 Å². The zero-order valence-corrected chi connectivity index (χ0v) is 22.2. The normalized spacial score (nSPS) is 17.4. The molecule has 2 atom stereocenters. The van der Waals surface area contributed by atoms with Crippen LogP contribution in [0.15, 0.2) is 88.2 Å². The fourth-order valence-corrected chi connectivity index (χ4v) is 6.37. The predicted molar refractivity (Wildman–Crippen MR) is 139 cm³/mol. The lowest BCUT2D eigenvalue weighted by Crippen LogP contribution is -2.46. The minimum Gasteiger partial charge on any atom is -0.274 e. The SMILES string of the molecule is CC(C)c1ccc(N2C(=O)CC(N(C(C)c3ccccc3)S(=O)(=O)c3ccc(Br)cc3)C2=O)cc1. The van der Waals surface area contributed by atoms with Gasteiger partial charge in [0.15, 0.2) is 0 Å². The first-order valence-corrected chi connectivity index (χ1v) is 13.7. The van der Waals surface area contributed by atoms with Crippen molar-refractivity contribution in [3.05, 3.63) is 94.5 Å². The molecule has 3 aromatic carbocycles. The smallest absolute Gasteiger partial charge is 0.252 e. The minimum absolute atomic E-state index is 0.0588. The van der Waals surface area contributed by atoms with Crippen molar-refractivity contribution in [1.82, 2.24) is 4.31 Å². The Bertz CT molecular complexity index is 1320. The van der Waals surface area contributed by atoms with E-state index in [1.807, 2.05) is 42.5 Å². The Morgan fingerprint density at radius 2 is 1.46 bits per heavy atom. The lowest BCUT2D eigenvalue weighted by molar-refractivity contribution is -0.122. The average Bonchev–Trinajstić information content (AvgIpc) is 3.13. The molecule has 0 N–H and O–H groups in total. The van der Waals surface area contributed by atoms with Crippen LogP contribution in [0.5, 0.6) is 0 Å². The Balaban J connectivity index is 1.76. The molecule has 3 aromatic rings. The molecule has 1 fully saturated rings. The Morgan fingerprint density at radius 3 is 2.03 bits per heavy atom. The van der Waals surface area contributed by atoms with Gasteiger partial charge >= 0.3 is 0 Å². The van der Waals surface area contributed by atoms with E-state index in [0.717, 1.165) is 20.5 Å². The third-order valence-electron chi connectivity index (χ3n) is 6.30. The van der Waals surface area contributed by atoms with Crippen LogP contribution in [0.4, 0.5) is 5.69 Å². The van der Waals surface area contributed by atoms with Crippen LogP contribution in [0.1, 0.15) is 50.3 Å². The fourth-order valence-electron chi connectivity index (χ4n) is 4.35. The summed E-state index contributed by atoms with van der Waals surface area (Å²) in [6, 6.07) is 20.8. The number of imide groups is 1. The molecule has 2 amide bonds. The van der Waals surface area contributed by atoms with Crippen molar-refractivity contribution in [2.45, 2.75) is 50.1 Å². The molecule has 0 saturated carbocycles. The predicted octanol–water partition coefficient (Wildman–Crippen LogP) is 5.66. The molecule has 1 aliphatic heterocycles. The minimum atomic E-state index is -4.12. The highest BCUT2D eigenvalue weighted by Crippen LogP contribution is 2.36. The van der Waals surface area contributed by atoms with Crippen molar-refractivity contribution in [3.63, 3.8) is 0 Å². The molecule has 6 nitrogen and oxygen atoms in total. The molecule has 0 radical (unpaired) electrons. The van der Waals surface area contributed by atoms with Crippen LogP contribution in [0, 0.1) is 0 Å². The van der Waals surface area contributed by atoms with Gasteiger partial charge in [0, 0.05) is 10.5 Å². The van der Waals surface area contributed by atoms with E-state index in [1.165, 1.54) is 16.4 Å². The first-order valence-electron chi connectivity index (χ1n) is 11.4. The highest BCUT2D eigenvalue weighted by atomic mass is 79.9. The van der Waals surface area contributed by atoms with Gasteiger partial charge in [-0.15, -0.1) is 0 Å². The molecule has 35 heavy (non-hydrogen) atoms. The zero-order chi connectivity index (χ0) is 25.3. The molecule has 0 aliphatic carbocycles. The van der Waals surface area contributed by atoms with Crippen molar-refractivity contribution in [2.75, 3.05) is 4.90 Å². The molecule has 182 valence electrons. The van der Waals surface area contributed by atoms with Crippen LogP contribution >= 0.6 is 15.9 Å². The maximum atomic E-state index is 13.9. The van der Waals surface area contributed by atoms with Gasteiger partial charge in [-0.2, -0.15) is 4.31 Å². The summed E-state index contributed by atoms with van der Waals surface area (Å²) in [4.78, 5) is 27.9. The summed E-state index contributed by atoms with van der Waals surface area (Å²) < 4.78 is 29.7. The van der Waals surface area contributed by atoms with E-state index in [2.05, 4.69) is 29.8 Å². The van der Waals surface area contributed by atoms with Crippen molar-refractivity contribution in [2.24, 2.45) is 0 Å². The standard InChI is InChI=1S/C27H27BrN2O4S/c1-18(2)20-9-13-23(14-10-20)29-26(31)17-25(27(29)32)30(19(3)21-7-5-4-6-8-21)35(33,34)24-15-11-22(28)12-16-24/h4-16,18-19,25H,17H2,1-3H3. The maximum absolute atomic E-state index is 13.9. The van der Waals surface area contributed by atoms with Gasteiger partial charge in [0.25, 0.3) is 5.91 Å². The largest absolute Gasteiger partial charge is 0.274 e. The molecule has 1 saturated heterocycles. The summed E-state index contributed by atoms with van der Waals surface area (Å²) in [7, 11) is -4.12. The van der Waals surface area contributed by atoms with Crippen LogP contribution in [-0.2, 0) is 19.6 Å². The van der Waals surface area contributed by atoms with Crippen molar-refractivity contribution in [3.8, 4) is 0 Å². The van der Waals surface area contributed by atoms with Gasteiger partial charge in [0.05, 0.1) is 17.0 Å². The van der Waals surface area contributed by atoms with Gasteiger partial charge in [-0.25, -0.2) is 13.3 Å². The van der Waals surface area contributed by atoms with Gasteiger partial charge in [0.1, 0.15) is 6.04 Å². The second kappa shape index (κ2) is 10.0. The molecule has 8 heteroatoms. The topological polar surface area (TPSA) is 74.8 Å². The summed E-state index contributed by atoms with van der Waals surface area (Å²) >= 11 is 3.33. The van der Waals surface area contributed by atoms with Crippen LogP contribution in [-0.4, -0.2) is 30.6 Å². The first-order chi connectivity index (χ1) is 16.6. The van der Waals surface area contributed by atoms with E-state index in [9.17, 15) is 18.0 Å². The third-order valence-corrected chi connectivity index (χ3v) is 8.82. The van der Waals surface area contributed by atoms with Gasteiger partial charge < -0.3 is 0 Å². The molecular weight excluding hydrogens is 528 g/mol. The third kappa shape index (κ3) is 4.96. The van der Waals surface area contributed by atoms with Crippen LogP contribution in [0.25, 0.3) is 0 Å². The summed E-state index contributed by atoms with van der Waals surface area (Å²) in [5, 5.41) is 0. The second-order valence-electron chi connectivity index (χ2n) is 8.91. The monoisotopic (exact) mass is 554 g/mol. The number of rotatable bonds is 7. The number of carbonyl (C=O) groups is 2. The number of anilines is 1. The highest BCUT2D eigenvalue weighted by molar-refractivity contribution is 9.10. The summed E-state index contributed by atoms with van der Waals surface area (Å²) in [6.07, 6.45) is -0.225. The quantitative estimate of drug-likeness (QED) is 0.353. The van der Waals surface area contributed by atoms with Crippen molar-refractivity contribution < 1.29 is 18.0 Å².